The third-order valence-corrected chi connectivity index (χ3v) is 2.14. The molecule has 13 heavy (non-hydrogen) atoms. The second-order valence-corrected chi connectivity index (χ2v) is 4.05. The molecule has 0 amide bonds. The molecule has 0 saturated heterocycles. The van der Waals surface area contributed by atoms with E-state index < -0.39 is 0 Å². The Morgan fingerprint density at radius 1 is 1.38 bits per heavy atom. The van der Waals surface area contributed by atoms with Crippen LogP contribution < -0.4 is 5.32 Å². The predicted molar refractivity (Wildman–Crippen MR) is 57.8 cm³/mol. The molecule has 2 nitrogen and oxygen atoms in total. The van der Waals surface area contributed by atoms with E-state index in [-0.39, 0.29) is 6.61 Å². The highest BCUT2D eigenvalue weighted by atomic mass is 16.3. The van der Waals surface area contributed by atoms with Crippen molar-refractivity contribution in [1.29, 1.82) is 0 Å². The van der Waals surface area contributed by atoms with Gasteiger partial charge in [0.25, 0.3) is 0 Å². The van der Waals surface area contributed by atoms with Gasteiger partial charge >= 0.3 is 0 Å². The normalized spacial score (nSPS) is 13.1. The Balaban J connectivity index is 3.76. The summed E-state index contributed by atoms with van der Waals surface area (Å²) >= 11 is 0. The summed E-state index contributed by atoms with van der Waals surface area (Å²) in [6.45, 7) is 9.72. The molecule has 2 heteroatoms. The maximum Gasteiger partial charge on any atom is 0.0445 e. The minimum Gasteiger partial charge on any atom is -0.396 e. The average Bonchev–Trinajstić information content (AvgIpc) is 2.02. The van der Waals surface area contributed by atoms with Gasteiger partial charge in [-0.2, -0.15) is 0 Å². The third kappa shape index (κ3) is 6.79. The molecule has 0 aromatic heterocycles. The van der Waals surface area contributed by atoms with E-state index in [1.807, 2.05) is 0 Å². The van der Waals surface area contributed by atoms with Gasteiger partial charge in [0.1, 0.15) is 0 Å². The zero-order chi connectivity index (χ0) is 10.3. The van der Waals surface area contributed by atoms with Crippen molar-refractivity contribution in [1.82, 2.24) is 5.32 Å². The van der Waals surface area contributed by atoms with Crippen LogP contribution in [0, 0.1) is 5.92 Å². The lowest BCUT2D eigenvalue weighted by atomic mass is 10.0. The molecular weight excluding hydrogens is 162 g/mol. The number of hydrogen-bond donors (Lipinski definition) is 2. The SMILES string of the molecule is CC(C)=CCNC(CCO)C(C)C. The molecule has 0 spiro atoms. The second-order valence-electron chi connectivity index (χ2n) is 4.05. The van der Waals surface area contributed by atoms with Gasteiger partial charge in [-0.15, -0.1) is 0 Å². The van der Waals surface area contributed by atoms with E-state index in [0.29, 0.717) is 12.0 Å². The molecule has 78 valence electrons. The highest BCUT2D eigenvalue weighted by Gasteiger charge is 2.10. The first kappa shape index (κ1) is 12.7. The van der Waals surface area contributed by atoms with Crippen molar-refractivity contribution in [2.75, 3.05) is 13.2 Å². The number of rotatable bonds is 6. The summed E-state index contributed by atoms with van der Waals surface area (Å²) < 4.78 is 0. The minimum atomic E-state index is 0.269. The molecule has 1 unspecified atom stereocenters. The first-order chi connectivity index (χ1) is 6.07. The van der Waals surface area contributed by atoms with Crippen LogP contribution in [-0.4, -0.2) is 24.3 Å². The molecule has 0 fully saturated rings. The number of aliphatic hydroxyl groups excluding tert-OH is 1. The molecule has 2 N–H and O–H groups in total. The van der Waals surface area contributed by atoms with Crippen molar-refractivity contribution in [3.63, 3.8) is 0 Å². The van der Waals surface area contributed by atoms with E-state index >= 15 is 0 Å². The minimum absolute atomic E-state index is 0.269. The number of aliphatic hydroxyl groups is 1. The Bertz CT molecular complexity index is 148. The van der Waals surface area contributed by atoms with E-state index in [2.05, 4.69) is 39.1 Å². The molecule has 0 radical (unpaired) electrons. The predicted octanol–water partition coefficient (Wildman–Crippen LogP) is 1.95. The van der Waals surface area contributed by atoms with Crippen LogP contribution in [0.25, 0.3) is 0 Å². The summed E-state index contributed by atoms with van der Waals surface area (Å²) in [5.41, 5.74) is 1.33. The van der Waals surface area contributed by atoms with E-state index in [1.54, 1.807) is 0 Å². The van der Waals surface area contributed by atoms with E-state index in [4.69, 9.17) is 5.11 Å². The van der Waals surface area contributed by atoms with E-state index in [1.165, 1.54) is 5.57 Å². The summed E-state index contributed by atoms with van der Waals surface area (Å²) in [7, 11) is 0. The van der Waals surface area contributed by atoms with Gasteiger partial charge < -0.3 is 10.4 Å². The zero-order valence-electron chi connectivity index (χ0n) is 9.30. The molecule has 0 aliphatic rings. The Labute approximate surface area is 82.0 Å². The van der Waals surface area contributed by atoms with Gasteiger partial charge in [0.05, 0.1) is 0 Å². The van der Waals surface area contributed by atoms with Crippen molar-refractivity contribution >= 4 is 0 Å². The third-order valence-electron chi connectivity index (χ3n) is 2.14. The van der Waals surface area contributed by atoms with Gasteiger partial charge in [-0.3, -0.25) is 0 Å². The van der Waals surface area contributed by atoms with Crippen LogP contribution in [0.5, 0.6) is 0 Å². The molecule has 0 bridgehead atoms. The second kappa shape index (κ2) is 7.10. The van der Waals surface area contributed by atoms with Crippen molar-refractivity contribution < 1.29 is 5.11 Å². The fraction of sp³-hybridized carbons (Fsp3) is 0.818. The number of nitrogens with one attached hydrogen (secondary N) is 1. The Morgan fingerprint density at radius 2 is 2.00 bits per heavy atom. The molecule has 0 aliphatic heterocycles. The quantitative estimate of drug-likeness (QED) is 0.620. The van der Waals surface area contributed by atoms with E-state index in [0.717, 1.165) is 13.0 Å². The Hall–Kier alpha value is -0.340. The zero-order valence-corrected chi connectivity index (χ0v) is 9.30. The summed E-state index contributed by atoms with van der Waals surface area (Å²) in [6.07, 6.45) is 3.01. The van der Waals surface area contributed by atoms with Crippen molar-refractivity contribution in [3.05, 3.63) is 11.6 Å². The van der Waals surface area contributed by atoms with Crippen molar-refractivity contribution in [2.45, 2.75) is 40.2 Å². The van der Waals surface area contributed by atoms with E-state index in [9.17, 15) is 0 Å². The van der Waals surface area contributed by atoms with Crippen LogP contribution in [0.3, 0.4) is 0 Å². The van der Waals surface area contributed by atoms with Crippen molar-refractivity contribution in [2.24, 2.45) is 5.92 Å². The number of allylic oxidation sites excluding steroid dienone is 1. The van der Waals surface area contributed by atoms with Gasteiger partial charge in [-0.05, 0) is 26.2 Å². The average molecular weight is 185 g/mol. The summed E-state index contributed by atoms with van der Waals surface area (Å²) in [5.74, 6) is 0.581. The fourth-order valence-electron chi connectivity index (χ4n) is 1.22. The highest BCUT2D eigenvalue weighted by Crippen LogP contribution is 2.05. The molecule has 0 aromatic carbocycles. The first-order valence-electron chi connectivity index (χ1n) is 5.05. The topological polar surface area (TPSA) is 32.3 Å². The van der Waals surface area contributed by atoms with Gasteiger partial charge in [0.2, 0.25) is 0 Å². The van der Waals surface area contributed by atoms with Gasteiger partial charge in [0, 0.05) is 19.2 Å². The summed E-state index contributed by atoms with van der Waals surface area (Å²) in [5, 5.41) is 12.3. The summed E-state index contributed by atoms with van der Waals surface area (Å²) in [4.78, 5) is 0. The Morgan fingerprint density at radius 3 is 2.38 bits per heavy atom. The standard InChI is InChI=1S/C11H23NO/c1-9(2)5-7-12-11(6-8-13)10(3)4/h5,10-13H,6-8H2,1-4H3. The maximum atomic E-state index is 8.84. The first-order valence-corrected chi connectivity index (χ1v) is 5.05. The monoisotopic (exact) mass is 185 g/mol. The molecule has 0 aromatic rings. The molecular formula is C11H23NO. The summed E-state index contributed by atoms with van der Waals surface area (Å²) in [6, 6.07) is 0.431. The van der Waals surface area contributed by atoms with Gasteiger partial charge in [-0.1, -0.05) is 25.5 Å². The molecule has 0 rings (SSSR count). The molecule has 0 saturated carbocycles. The van der Waals surface area contributed by atoms with Crippen LogP contribution in [0.1, 0.15) is 34.1 Å². The van der Waals surface area contributed by atoms with Crippen LogP contribution in [0.4, 0.5) is 0 Å². The van der Waals surface area contributed by atoms with Crippen LogP contribution in [0.2, 0.25) is 0 Å². The lowest BCUT2D eigenvalue weighted by molar-refractivity contribution is 0.247. The highest BCUT2D eigenvalue weighted by molar-refractivity contribution is 4.95. The smallest absolute Gasteiger partial charge is 0.0445 e. The molecule has 0 aliphatic carbocycles. The molecule has 1 atom stereocenters. The fourth-order valence-corrected chi connectivity index (χ4v) is 1.22. The molecule has 0 heterocycles. The number of hydrogen-bond acceptors (Lipinski definition) is 2. The largest absolute Gasteiger partial charge is 0.396 e. The maximum absolute atomic E-state index is 8.84. The van der Waals surface area contributed by atoms with Crippen LogP contribution in [0.15, 0.2) is 11.6 Å². The van der Waals surface area contributed by atoms with Crippen molar-refractivity contribution in [3.8, 4) is 0 Å². The lowest BCUT2D eigenvalue weighted by Crippen LogP contribution is -2.34. The lowest BCUT2D eigenvalue weighted by Gasteiger charge is -2.20. The van der Waals surface area contributed by atoms with Crippen LogP contribution >= 0.6 is 0 Å². The van der Waals surface area contributed by atoms with Crippen LogP contribution in [-0.2, 0) is 0 Å². The Kier molecular flexibility index (Phi) is 6.92. The van der Waals surface area contributed by atoms with Gasteiger partial charge in [-0.25, -0.2) is 0 Å². The van der Waals surface area contributed by atoms with Gasteiger partial charge in [0.15, 0.2) is 0 Å².